The molecule has 0 amide bonds. The van der Waals surface area contributed by atoms with Crippen LogP contribution in [0.3, 0.4) is 0 Å². The first-order valence-electron chi connectivity index (χ1n) is 5.56. The van der Waals surface area contributed by atoms with Gasteiger partial charge in [0.05, 0.1) is 6.42 Å². The molecule has 0 aromatic carbocycles. The van der Waals surface area contributed by atoms with Crippen molar-refractivity contribution in [2.75, 3.05) is 0 Å². The number of halogens is 1. The van der Waals surface area contributed by atoms with E-state index >= 15 is 0 Å². The molecule has 0 aliphatic heterocycles. The van der Waals surface area contributed by atoms with Gasteiger partial charge in [0.25, 0.3) is 0 Å². The van der Waals surface area contributed by atoms with Gasteiger partial charge >= 0.3 is 5.97 Å². The molecule has 0 N–H and O–H groups in total. The summed E-state index contributed by atoms with van der Waals surface area (Å²) in [5, 5.41) is 0. The fraction of sp³-hybridized carbons (Fsp3) is 0.909. The lowest BCUT2D eigenvalue weighted by molar-refractivity contribution is -0.150. The molecule has 1 aliphatic carbocycles. The number of hydrogen-bond donors (Lipinski definition) is 0. The summed E-state index contributed by atoms with van der Waals surface area (Å²) in [7, 11) is 0. The molecule has 0 aromatic heterocycles. The molecule has 0 radical (unpaired) electrons. The highest BCUT2D eigenvalue weighted by Crippen LogP contribution is 2.21. The Labute approximate surface area is 94.5 Å². The fourth-order valence-corrected chi connectivity index (χ4v) is 2.01. The molecule has 14 heavy (non-hydrogen) atoms. The minimum atomic E-state index is -0.0411. The van der Waals surface area contributed by atoms with Crippen LogP contribution in [0, 0.1) is 0 Å². The third-order valence-corrected chi connectivity index (χ3v) is 3.65. The Kier molecular flexibility index (Phi) is 5.53. The van der Waals surface area contributed by atoms with Crippen LogP contribution < -0.4 is 0 Å². The van der Waals surface area contributed by atoms with Crippen LogP contribution in [0.4, 0.5) is 0 Å². The largest absolute Gasteiger partial charge is 0.462 e. The summed E-state index contributed by atoms with van der Waals surface area (Å²) in [6, 6.07) is 0. The van der Waals surface area contributed by atoms with E-state index in [0.29, 0.717) is 6.42 Å². The summed E-state index contributed by atoms with van der Waals surface area (Å²) in [6.07, 6.45) is 7.52. The quantitative estimate of drug-likeness (QED) is 0.573. The van der Waals surface area contributed by atoms with Crippen molar-refractivity contribution in [2.24, 2.45) is 0 Å². The van der Waals surface area contributed by atoms with Crippen molar-refractivity contribution in [3.05, 3.63) is 0 Å². The van der Waals surface area contributed by atoms with Crippen molar-refractivity contribution in [1.82, 2.24) is 0 Å². The highest BCUT2D eigenvalue weighted by atomic mass is 79.9. The molecule has 3 heteroatoms. The monoisotopic (exact) mass is 262 g/mol. The third-order valence-electron chi connectivity index (χ3n) is 2.68. The number of esters is 1. The van der Waals surface area contributed by atoms with E-state index in [1.165, 1.54) is 19.3 Å². The maximum absolute atomic E-state index is 11.4. The highest BCUT2D eigenvalue weighted by molar-refractivity contribution is 9.09. The second-order valence-electron chi connectivity index (χ2n) is 3.96. The number of alkyl halides is 1. The van der Waals surface area contributed by atoms with Crippen LogP contribution in [0.25, 0.3) is 0 Å². The standard InChI is InChI=1S/C11H19BrO2/c1-2-9(12)8-11(13)14-10-6-4-3-5-7-10/h9-10H,2-8H2,1H3. The van der Waals surface area contributed by atoms with Gasteiger partial charge in [-0.3, -0.25) is 4.79 Å². The van der Waals surface area contributed by atoms with Gasteiger partial charge in [0.1, 0.15) is 6.10 Å². The molecular weight excluding hydrogens is 244 g/mol. The molecule has 1 rings (SSSR count). The Bertz CT molecular complexity index is 176. The van der Waals surface area contributed by atoms with Gasteiger partial charge in [-0.25, -0.2) is 0 Å². The average molecular weight is 263 g/mol. The fourth-order valence-electron chi connectivity index (χ4n) is 1.74. The zero-order valence-corrected chi connectivity index (χ0v) is 10.4. The zero-order valence-electron chi connectivity index (χ0n) is 8.80. The molecular formula is C11H19BrO2. The predicted molar refractivity (Wildman–Crippen MR) is 60.6 cm³/mol. The Balaban J connectivity index is 2.18. The topological polar surface area (TPSA) is 26.3 Å². The highest BCUT2D eigenvalue weighted by Gasteiger charge is 2.18. The van der Waals surface area contributed by atoms with Gasteiger partial charge in [0.2, 0.25) is 0 Å². The first-order chi connectivity index (χ1) is 6.72. The first-order valence-corrected chi connectivity index (χ1v) is 6.47. The summed E-state index contributed by atoms with van der Waals surface area (Å²) in [5.74, 6) is -0.0411. The van der Waals surface area contributed by atoms with E-state index in [1.807, 2.05) is 0 Å². The predicted octanol–water partition coefficient (Wildman–Crippen LogP) is 3.43. The van der Waals surface area contributed by atoms with Crippen LogP contribution in [0.5, 0.6) is 0 Å². The summed E-state index contributed by atoms with van der Waals surface area (Å²) >= 11 is 3.44. The maximum Gasteiger partial charge on any atom is 0.307 e. The molecule has 1 atom stereocenters. The minimum absolute atomic E-state index is 0.0411. The minimum Gasteiger partial charge on any atom is -0.462 e. The molecule has 1 unspecified atom stereocenters. The Morgan fingerprint density at radius 2 is 2.07 bits per heavy atom. The maximum atomic E-state index is 11.4. The molecule has 0 spiro atoms. The van der Waals surface area contributed by atoms with Gasteiger partial charge in [-0.05, 0) is 32.1 Å². The van der Waals surface area contributed by atoms with Crippen molar-refractivity contribution in [1.29, 1.82) is 0 Å². The van der Waals surface area contributed by atoms with Crippen LogP contribution in [0.2, 0.25) is 0 Å². The van der Waals surface area contributed by atoms with E-state index in [2.05, 4.69) is 22.9 Å². The molecule has 2 nitrogen and oxygen atoms in total. The van der Waals surface area contributed by atoms with Gasteiger partial charge in [0, 0.05) is 4.83 Å². The van der Waals surface area contributed by atoms with E-state index in [9.17, 15) is 4.79 Å². The SMILES string of the molecule is CCC(Br)CC(=O)OC1CCCCC1. The van der Waals surface area contributed by atoms with Crippen LogP contribution in [-0.4, -0.2) is 16.9 Å². The number of carbonyl (C=O) groups is 1. The lowest BCUT2D eigenvalue weighted by atomic mass is 9.98. The third kappa shape index (κ3) is 4.45. The van der Waals surface area contributed by atoms with E-state index in [1.54, 1.807) is 0 Å². The second kappa shape index (κ2) is 6.44. The molecule has 0 aromatic rings. The summed E-state index contributed by atoms with van der Waals surface area (Å²) in [6.45, 7) is 2.06. The Morgan fingerprint density at radius 1 is 1.43 bits per heavy atom. The number of rotatable bonds is 4. The summed E-state index contributed by atoms with van der Waals surface area (Å²) in [5.41, 5.74) is 0. The molecule has 0 bridgehead atoms. The van der Waals surface area contributed by atoms with Gasteiger partial charge in [-0.15, -0.1) is 0 Å². The van der Waals surface area contributed by atoms with Crippen LogP contribution in [0.15, 0.2) is 0 Å². The van der Waals surface area contributed by atoms with Gasteiger partial charge in [-0.2, -0.15) is 0 Å². The number of carbonyl (C=O) groups excluding carboxylic acids is 1. The van der Waals surface area contributed by atoms with E-state index in [0.717, 1.165) is 19.3 Å². The number of hydrogen-bond acceptors (Lipinski definition) is 2. The van der Waals surface area contributed by atoms with Crippen LogP contribution >= 0.6 is 15.9 Å². The summed E-state index contributed by atoms with van der Waals surface area (Å²) < 4.78 is 5.39. The van der Waals surface area contributed by atoms with Gasteiger partial charge in [-0.1, -0.05) is 29.3 Å². The van der Waals surface area contributed by atoms with E-state index in [4.69, 9.17) is 4.74 Å². The van der Waals surface area contributed by atoms with Crippen LogP contribution in [0.1, 0.15) is 51.9 Å². The molecule has 0 heterocycles. The van der Waals surface area contributed by atoms with Gasteiger partial charge < -0.3 is 4.74 Å². The molecule has 1 aliphatic rings. The van der Waals surface area contributed by atoms with Crippen molar-refractivity contribution in [3.8, 4) is 0 Å². The molecule has 0 saturated heterocycles. The molecule has 82 valence electrons. The molecule has 1 saturated carbocycles. The second-order valence-corrected chi connectivity index (χ2v) is 5.25. The van der Waals surface area contributed by atoms with Crippen molar-refractivity contribution in [3.63, 3.8) is 0 Å². The van der Waals surface area contributed by atoms with E-state index < -0.39 is 0 Å². The Hall–Kier alpha value is -0.0500. The lowest BCUT2D eigenvalue weighted by Gasteiger charge is -2.22. The van der Waals surface area contributed by atoms with Crippen molar-refractivity contribution >= 4 is 21.9 Å². The van der Waals surface area contributed by atoms with E-state index in [-0.39, 0.29) is 16.9 Å². The first kappa shape index (κ1) is 12.0. The van der Waals surface area contributed by atoms with Gasteiger partial charge in [0.15, 0.2) is 0 Å². The lowest BCUT2D eigenvalue weighted by Crippen LogP contribution is -2.22. The molecule has 1 fully saturated rings. The smallest absolute Gasteiger partial charge is 0.307 e. The normalized spacial score (nSPS) is 20.4. The summed E-state index contributed by atoms with van der Waals surface area (Å²) in [4.78, 5) is 11.7. The Morgan fingerprint density at radius 3 is 2.64 bits per heavy atom. The number of ether oxygens (including phenoxy) is 1. The van der Waals surface area contributed by atoms with Crippen LogP contribution in [-0.2, 0) is 9.53 Å². The average Bonchev–Trinajstić information content (AvgIpc) is 2.19. The zero-order chi connectivity index (χ0) is 10.4. The van der Waals surface area contributed by atoms with Crippen molar-refractivity contribution in [2.45, 2.75) is 62.8 Å². The van der Waals surface area contributed by atoms with Crippen molar-refractivity contribution < 1.29 is 9.53 Å².